The molecule has 0 aliphatic carbocycles. The number of hydrogen-bond acceptors (Lipinski definition) is 12. The summed E-state index contributed by atoms with van der Waals surface area (Å²) in [6, 6.07) is 7.03. The minimum atomic E-state index is -2.44. The van der Waals surface area contributed by atoms with Crippen molar-refractivity contribution in [3.63, 3.8) is 0 Å². The van der Waals surface area contributed by atoms with Crippen LogP contribution in [0, 0.1) is 0 Å². The molecule has 184 valence electrons. The molecule has 2 aromatic carbocycles. The first-order valence-corrected chi connectivity index (χ1v) is 9.41. The number of carboxylic acid groups (broad SMARTS) is 1. The van der Waals surface area contributed by atoms with Gasteiger partial charge >= 0.3 is 23.9 Å². The summed E-state index contributed by atoms with van der Waals surface area (Å²) in [6.07, 6.45) is -1.24. The molecule has 0 saturated carbocycles. The van der Waals surface area contributed by atoms with Gasteiger partial charge in [-0.2, -0.15) is 5.26 Å². The maximum atomic E-state index is 12.1. The average Bonchev–Trinajstić information content (AvgIpc) is 2.82. The lowest BCUT2D eigenvalue weighted by Crippen LogP contribution is -2.46. The Bertz CT molecular complexity index is 1180. The molecule has 35 heavy (non-hydrogen) atoms. The van der Waals surface area contributed by atoms with E-state index < -0.39 is 59.1 Å². The summed E-state index contributed by atoms with van der Waals surface area (Å²) in [4.78, 5) is 51.0. The minimum Gasteiger partial charge on any atom is -0.504 e. The van der Waals surface area contributed by atoms with Gasteiger partial charge in [-0.3, -0.25) is 4.89 Å². The summed E-state index contributed by atoms with van der Waals surface area (Å²) >= 11 is 0. The lowest BCUT2D eigenvalue weighted by Gasteiger charge is -2.20. The van der Waals surface area contributed by atoms with Crippen LogP contribution in [0.2, 0.25) is 0 Å². The highest BCUT2D eigenvalue weighted by Crippen LogP contribution is 2.26. The van der Waals surface area contributed by atoms with Crippen LogP contribution in [0.5, 0.6) is 23.0 Å². The fourth-order valence-electron chi connectivity index (χ4n) is 2.47. The number of aromatic hydroxyl groups is 4. The summed E-state index contributed by atoms with van der Waals surface area (Å²) in [5.41, 5.74) is 0.428. The predicted octanol–water partition coefficient (Wildman–Crippen LogP) is 1.16. The molecule has 2 atom stereocenters. The molecular formula is C22H18O13. The number of benzene rings is 2. The van der Waals surface area contributed by atoms with Crippen molar-refractivity contribution in [2.24, 2.45) is 0 Å². The van der Waals surface area contributed by atoms with Crippen molar-refractivity contribution in [1.29, 1.82) is 0 Å². The van der Waals surface area contributed by atoms with Crippen LogP contribution in [-0.4, -0.2) is 66.9 Å². The van der Waals surface area contributed by atoms with Crippen LogP contribution in [-0.2, 0) is 33.5 Å². The highest BCUT2D eigenvalue weighted by atomic mass is 17.1. The Morgan fingerprint density at radius 2 is 1.11 bits per heavy atom. The van der Waals surface area contributed by atoms with Crippen LogP contribution in [0.1, 0.15) is 11.1 Å². The number of phenolic OH excluding ortho intramolecular Hbond substituents is 4. The number of carbonyl (C=O) groups excluding carboxylic acids is 3. The Kier molecular flexibility index (Phi) is 8.77. The van der Waals surface area contributed by atoms with Gasteiger partial charge in [0.05, 0.1) is 0 Å². The zero-order valence-electron chi connectivity index (χ0n) is 17.5. The van der Waals surface area contributed by atoms with Gasteiger partial charge in [-0.05, 0) is 47.5 Å². The van der Waals surface area contributed by atoms with Gasteiger partial charge in [0, 0.05) is 12.2 Å². The molecule has 0 aliphatic heterocycles. The van der Waals surface area contributed by atoms with Crippen molar-refractivity contribution in [3.05, 3.63) is 59.7 Å². The highest BCUT2D eigenvalue weighted by molar-refractivity contribution is 5.94. The number of esters is 2. The second kappa shape index (κ2) is 11.7. The van der Waals surface area contributed by atoms with Gasteiger partial charge in [0.1, 0.15) is 0 Å². The standard InChI is InChI=1S/C22H18O13/c23-13-5-1-11(9-15(13)25)3-7-17(27)33-19(21(29)30)20(22(31)35-32)34-18(28)8-4-12-2-6-14(24)16(26)10-12/h1-10,19-20,23-26,32H,(H,29,30)/t19-,20-/m0/s1. The number of aliphatic carboxylic acids is 1. The van der Waals surface area contributed by atoms with E-state index in [2.05, 4.69) is 14.4 Å². The predicted molar refractivity (Wildman–Crippen MR) is 114 cm³/mol. The number of carbonyl (C=O) groups is 4. The number of hydrogen-bond donors (Lipinski definition) is 6. The van der Waals surface area contributed by atoms with Crippen LogP contribution >= 0.6 is 0 Å². The molecule has 0 aromatic heterocycles. The summed E-state index contributed by atoms with van der Waals surface area (Å²) in [5.74, 6) is -8.13. The first-order chi connectivity index (χ1) is 16.5. The monoisotopic (exact) mass is 490 g/mol. The molecule has 2 aromatic rings. The molecule has 0 bridgehead atoms. The third-order valence-corrected chi connectivity index (χ3v) is 4.15. The number of ether oxygens (including phenoxy) is 2. The van der Waals surface area contributed by atoms with Crippen LogP contribution in [0.25, 0.3) is 12.2 Å². The molecular weight excluding hydrogens is 472 g/mol. The molecule has 0 saturated heterocycles. The Morgan fingerprint density at radius 3 is 1.49 bits per heavy atom. The van der Waals surface area contributed by atoms with Crippen molar-refractivity contribution >= 4 is 36.0 Å². The largest absolute Gasteiger partial charge is 0.504 e. The Morgan fingerprint density at radius 1 is 0.686 bits per heavy atom. The highest BCUT2D eigenvalue weighted by Gasteiger charge is 2.41. The molecule has 13 heteroatoms. The summed E-state index contributed by atoms with van der Waals surface area (Å²) < 4.78 is 9.33. The summed E-state index contributed by atoms with van der Waals surface area (Å²) in [7, 11) is 0. The molecule has 0 heterocycles. The van der Waals surface area contributed by atoms with Crippen LogP contribution < -0.4 is 0 Å². The van der Waals surface area contributed by atoms with Crippen molar-refractivity contribution in [3.8, 4) is 23.0 Å². The van der Waals surface area contributed by atoms with Gasteiger partial charge in [0.15, 0.2) is 23.0 Å². The number of phenols is 4. The zero-order chi connectivity index (χ0) is 26.1. The van der Waals surface area contributed by atoms with Gasteiger partial charge in [0.2, 0.25) is 12.2 Å². The topological polar surface area (TPSA) is 217 Å². The Balaban J connectivity index is 2.16. The first kappa shape index (κ1) is 26.2. The number of rotatable bonds is 9. The first-order valence-electron chi connectivity index (χ1n) is 9.41. The molecule has 0 spiro atoms. The van der Waals surface area contributed by atoms with E-state index in [9.17, 15) is 44.7 Å². The third kappa shape index (κ3) is 7.50. The van der Waals surface area contributed by atoms with E-state index in [0.717, 1.165) is 48.6 Å². The molecule has 0 radical (unpaired) electrons. The van der Waals surface area contributed by atoms with Crippen molar-refractivity contribution < 1.29 is 64.3 Å². The zero-order valence-corrected chi connectivity index (χ0v) is 17.5. The Hall–Kier alpha value is -5.04. The molecule has 0 amide bonds. The van der Waals surface area contributed by atoms with E-state index in [1.807, 2.05) is 0 Å². The minimum absolute atomic E-state index is 0.213. The molecule has 2 rings (SSSR count). The lowest BCUT2D eigenvalue weighted by atomic mass is 10.2. The van der Waals surface area contributed by atoms with Gasteiger partial charge in [-0.15, -0.1) is 0 Å². The van der Waals surface area contributed by atoms with E-state index in [1.165, 1.54) is 12.1 Å². The third-order valence-electron chi connectivity index (χ3n) is 4.15. The van der Waals surface area contributed by atoms with Crippen molar-refractivity contribution in [2.45, 2.75) is 12.2 Å². The molecule has 0 unspecified atom stereocenters. The average molecular weight is 490 g/mol. The van der Waals surface area contributed by atoms with E-state index in [-0.39, 0.29) is 11.1 Å². The van der Waals surface area contributed by atoms with E-state index in [4.69, 9.17) is 5.26 Å². The molecule has 13 nitrogen and oxygen atoms in total. The summed E-state index contributed by atoms with van der Waals surface area (Å²) in [6.45, 7) is 0. The smallest absolute Gasteiger partial charge is 0.386 e. The van der Waals surface area contributed by atoms with E-state index in [1.54, 1.807) is 0 Å². The van der Waals surface area contributed by atoms with Crippen LogP contribution in [0.4, 0.5) is 0 Å². The van der Waals surface area contributed by atoms with Gasteiger partial charge < -0.3 is 35.0 Å². The summed E-state index contributed by atoms with van der Waals surface area (Å²) in [5, 5.41) is 55.4. The van der Waals surface area contributed by atoms with Gasteiger partial charge in [-0.1, -0.05) is 12.1 Å². The van der Waals surface area contributed by atoms with Gasteiger partial charge in [0.25, 0.3) is 0 Å². The van der Waals surface area contributed by atoms with E-state index >= 15 is 0 Å². The number of carboxylic acids is 1. The van der Waals surface area contributed by atoms with Crippen LogP contribution in [0.15, 0.2) is 48.6 Å². The maximum Gasteiger partial charge on any atom is 0.386 e. The second-order valence-electron chi connectivity index (χ2n) is 6.63. The SMILES string of the molecule is O=C(C=Cc1ccc(O)c(O)c1)O[C@H](C(=O)O)[C@H](OC(=O)C=Cc1ccc(O)c(O)c1)C(=O)OO. The van der Waals surface area contributed by atoms with Crippen molar-refractivity contribution in [1.82, 2.24) is 0 Å². The fourth-order valence-corrected chi connectivity index (χ4v) is 2.47. The van der Waals surface area contributed by atoms with Crippen molar-refractivity contribution in [2.75, 3.05) is 0 Å². The van der Waals surface area contributed by atoms with Gasteiger partial charge in [-0.25, -0.2) is 19.2 Å². The fraction of sp³-hybridized carbons (Fsp3) is 0.0909. The Labute approximate surface area is 195 Å². The van der Waals surface area contributed by atoms with Crippen LogP contribution in [0.3, 0.4) is 0 Å². The lowest BCUT2D eigenvalue weighted by molar-refractivity contribution is -0.248. The second-order valence-corrected chi connectivity index (χ2v) is 6.63. The molecule has 0 aliphatic rings. The molecule has 0 fully saturated rings. The quantitative estimate of drug-likeness (QED) is 0.0727. The molecule has 6 N–H and O–H groups in total. The maximum absolute atomic E-state index is 12.1. The van der Waals surface area contributed by atoms with E-state index in [0.29, 0.717) is 0 Å². The normalized spacial score (nSPS) is 12.7.